The number of alkyl halides is 6. The lowest BCUT2D eigenvalue weighted by Crippen LogP contribution is -2.31. The summed E-state index contributed by atoms with van der Waals surface area (Å²) in [6.07, 6.45) is -11.1. The fraction of sp³-hybridized carbons (Fsp3) is 0.429. The van der Waals surface area contributed by atoms with E-state index in [2.05, 4.69) is 5.10 Å². The maximum atomic E-state index is 12.8. The van der Waals surface area contributed by atoms with Crippen LogP contribution in [0.15, 0.2) is 23.3 Å². The van der Waals surface area contributed by atoms with Crippen molar-refractivity contribution in [3.63, 3.8) is 0 Å². The van der Waals surface area contributed by atoms with Crippen molar-refractivity contribution in [3.8, 4) is 0 Å². The molecular formula is C14H15F6N3O2. The van der Waals surface area contributed by atoms with E-state index in [1.165, 1.54) is 0 Å². The van der Waals surface area contributed by atoms with Crippen LogP contribution in [-0.2, 0) is 17.1 Å². The number of nitrogens with zero attached hydrogens (tertiary/aromatic N) is 1. The number of ether oxygens (including phenoxy) is 1. The van der Waals surface area contributed by atoms with Gasteiger partial charge < -0.3 is 10.5 Å². The number of rotatable bonds is 2. The topological polar surface area (TPSA) is 76.7 Å². The Morgan fingerprint density at radius 1 is 1.00 bits per heavy atom. The van der Waals surface area contributed by atoms with Crippen molar-refractivity contribution in [2.75, 3.05) is 0 Å². The molecule has 0 unspecified atom stereocenters. The molecule has 1 aromatic carbocycles. The summed E-state index contributed by atoms with van der Waals surface area (Å²) >= 11 is 0. The normalized spacial score (nSPS) is 13.6. The van der Waals surface area contributed by atoms with Gasteiger partial charge in [-0.2, -0.15) is 31.4 Å². The largest absolute Gasteiger partial charge is 0.443 e. The van der Waals surface area contributed by atoms with Crippen molar-refractivity contribution in [2.45, 2.75) is 38.7 Å². The summed E-state index contributed by atoms with van der Waals surface area (Å²) in [6, 6.07) is 0.744. The summed E-state index contributed by atoms with van der Waals surface area (Å²) in [5.74, 6) is -0.748. The van der Waals surface area contributed by atoms with Gasteiger partial charge in [0.05, 0.1) is 11.1 Å². The van der Waals surface area contributed by atoms with Gasteiger partial charge in [-0.05, 0) is 39.0 Å². The van der Waals surface area contributed by atoms with Gasteiger partial charge in [0, 0.05) is 5.56 Å². The number of hydrazone groups is 1. The van der Waals surface area contributed by atoms with E-state index in [0.29, 0.717) is 12.1 Å². The van der Waals surface area contributed by atoms with E-state index in [1.807, 2.05) is 0 Å². The zero-order valence-electron chi connectivity index (χ0n) is 13.3. The number of amides is 1. The average Bonchev–Trinajstić information content (AvgIpc) is 2.40. The molecular weight excluding hydrogens is 356 g/mol. The minimum Gasteiger partial charge on any atom is -0.443 e. The highest BCUT2D eigenvalue weighted by Gasteiger charge is 2.37. The minimum atomic E-state index is -5.02. The Morgan fingerprint density at radius 2 is 1.44 bits per heavy atom. The molecule has 1 amide bonds. The third-order valence-electron chi connectivity index (χ3n) is 2.55. The number of benzene rings is 1. The van der Waals surface area contributed by atoms with Gasteiger partial charge in [-0.15, -0.1) is 0 Å². The second kappa shape index (κ2) is 6.81. The van der Waals surface area contributed by atoms with Crippen molar-refractivity contribution in [1.82, 2.24) is 5.43 Å². The highest BCUT2D eigenvalue weighted by molar-refractivity contribution is 5.98. The smallest absolute Gasteiger partial charge is 0.428 e. The maximum Gasteiger partial charge on any atom is 0.428 e. The first-order valence-corrected chi connectivity index (χ1v) is 6.71. The lowest BCUT2D eigenvalue weighted by atomic mass is 10.0. The Kier molecular flexibility index (Phi) is 5.60. The van der Waals surface area contributed by atoms with Crippen LogP contribution in [0.3, 0.4) is 0 Å². The van der Waals surface area contributed by atoms with Crippen LogP contribution < -0.4 is 11.2 Å². The minimum absolute atomic E-state index is 0.0436. The number of amidine groups is 1. The molecule has 11 heteroatoms. The maximum absolute atomic E-state index is 12.8. The molecule has 1 aromatic rings. The van der Waals surface area contributed by atoms with Crippen molar-refractivity contribution in [3.05, 3.63) is 34.9 Å². The molecule has 0 saturated carbocycles. The molecule has 0 aliphatic carbocycles. The van der Waals surface area contributed by atoms with Crippen LogP contribution in [0.5, 0.6) is 0 Å². The van der Waals surface area contributed by atoms with Crippen molar-refractivity contribution in [2.24, 2.45) is 10.8 Å². The van der Waals surface area contributed by atoms with Gasteiger partial charge in [0.1, 0.15) is 5.60 Å². The highest BCUT2D eigenvalue weighted by Crippen LogP contribution is 2.36. The van der Waals surface area contributed by atoms with Crippen LogP contribution in [-0.4, -0.2) is 17.5 Å². The van der Waals surface area contributed by atoms with Crippen LogP contribution in [0.25, 0.3) is 0 Å². The van der Waals surface area contributed by atoms with Crippen LogP contribution in [0.2, 0.25) is 0 Å². The van der Waals surface area contributed by atoms with Crippen LogP contribution in [0, 0.1) is 0 Å². The predicted octanol–water partition coefficient (Wildman–Crippen LogP) is 3.87. The lowest BCUT2D eigenvalue weighted by Gasteiger charge is -2.18. The summed E-state index contributed by atoms with van der Waals surface area (Å²) in [7, 11) is 0. The Bertz CT molecular complexity index is 642. The van der Waals surface area contributed by atoms with Gasteiger partial charge in [0.15, 0.2) is 5.84 Å². The monoisotopic (exact) mass is 371 g/mol. The molecule has 25 heavy (non-hydrogen) atoms. The molecule has 140 valence electrons. The molecule has 5 nitrogen and oxygen atoms in total. The van der Waals surface area contributed by atoms with Crippen LogP contribution >= 0.6 is 0 Å². The number of carbonyl (C=O) groups is 1. The molecule has 0 atom stereocenters. The van der Waals surface area contributed by atoms with Crippen molar-refractivity contribution >= 4 is 11.9 Å². The summed E-state index contributed by atoms with van der Waals surface area (Å²) in [5, 5.41) is 3.26. The molecule has 0 aliphatic rings. The molecule has 0 aliphatic heterocycles. The first kappa shape index (κ1) is 20.6. The molecule has 0 saturated heterocycles. The van der Waals surface area contributed by atoms with Gasteiger partial charge in [-0.3, -0.25) is 0 Å². The van der Waals surface area contributed by atoms with Gasteiger partial charge in [0.25, 0.3) is 0 Å². The lowest BCUT2D eigenvalue weighted by molar-refractivity contribution is -0.143. The molecule has 0 heterocycles. The number of hydrogen-bond acceptors (Lipinski definition) is 3. The Labute approximate surface area is 138 Å². The first-order valence-electron chi connectivity index (χ1n) is 6.71. The molecule has 0 spiro atoms. The third kappa shape index (κ3) is 6.51. The second-order valence-corrected chi connectivity index (χ2v) is 5.91. The average molecular weight is 371 g/mol. The SMILES string of the molecule is CC(C)(C)OC(=O)N/N=C(/N)c1cc(C(F)(F)F)cc(C(F)(F)F)c1. The fourth-order valence-corrected chi connectivity index (χ4v) is 1.57. The Balaban J connectivity index is 3.18. The zero-order chi connectivity index (χ0) is 19.6. The molecule has 1 rings (SSSR count). The van der Waals surface area contributed by atoms with E-state index in [9.17, 15) is 31.1 Å². The number of nitrogens with one attached hydrogen (secondary N) is 1. The van der Waals surface area contributed by atoms with Gasteiger partial charge in [0.2, 0.25) is 0 Å². The molecule has 0 bridgehead atoms. The molecule has 0 aromatic heterocycles. The van der Waals surface area contributed by atoms with Crippen molar-refractivity contribution < 1.29 is 35.9 Å². The highest BCUT2D eigenvalue weighted by atomic mass is 19.4. The summed E-state index contributed by atoms with van der Waals surface area (Å²) in [6.45, 7) is 4.63. The van der Waals surface area contributed by atoms with E-state index in [-0.39, 0.29) is 6.07 Å². The number of carbonyl (C=O) groups excluding carboxylic acids is 1. The quantitative estimate of drug-likeness (QED) is 0.359. The zero-order valence-corrected chi connectivity index (χ0v) is 13.3. The summed E-state index contributed by atoms with van der Waals surface area (Å²) in [5.41, 5.74) is 2.54. The number of nitrogens with two attached hydrogens (primary N) is 1. The standard InChI is InChI=1S/C14H15F6N3O2/c1-12(2,3)25-11(24)23-22-10(21)7-4-8(13(15,16)17)6-9(5-7)14(18,19)20/h4-6H,1-3H3,(H2,21,22)(H,23,24). The first-order chi connectivity index (χ1) is 11.1. The van der Waals surface area contributed by atoms with E-state index >= 15 is 0 Å². The summed E-state index contributed by atoms with van der Waals surface area (Å²) < 4.78 is 81.4. The second-order valence-electron chi connectivity index (χ2n) is 5.91. The van der Waals surface area contributed by atoms with E-state index < -0.39 is 46.6 Å². The van der Waals surface area contributed by atoms with Gasteiger partial charge in [-0.25, -0.2) is 10.2 Å². The van der Waals surface area contributed by atoms with E-state index in [0.717, 1.165) is 0 Å². The third-order valence-corrected chi connectivity index (χ3v) is 2.55. The number of hydrogen-bond donors (Lipinski definition) is 2. The van der Waals surface area contributed by atoms with Crippen LogP contribution in [0.1, 0.15) is 37.5 Å². The Morgan fingerprint density at radius 3 is 1.80 bits per heavy atom. The molecule has 0 fully saturated rings. The number of halogens is 6. The Hall–Kier alpha value is -2.46. The molecule has 0 radical (unpaired) electrons. The van der Waals surface area contributed by atoms with Gasteiger partial charge >= 0.3 is 18.4 Å². The van der Waals surface area contributed by atoms with Crippen molar-refractivity contribution in [1.29, 1.82) is 0 Å². The predicted molar refractivity (Wildman–Crippen MR) is 76.5 cm³/mol. The summed E-state index contributed by atoms with van der Waals surface area (Å²) in [4.78, 5) is 11.4. The van der Waals surface area contributed by atoms with E-state index in [4.69, 9.17) is 10.5 Å². The fourth-order valence-electron chi connectivity index (χ4n) is 1.57. The van der Waals surface area contributed by atoms with Crippen LogP contribution in [0.4, 0.5) is 31.1 Å². The van der Waals surface area contributed by atoms with E-state index in [1.54, 1.807) is 26.2 Å². The van der Waals surface area contributed by atoms with Gasteiger partial charge in [-0.1, -0.05) is 0 Å². The molecule has 3 N–H and O–H groups in total.